The van der Waals surface area contributed by atoms with Crippen LogP contribution in [0.1, 0.15) is 19.3 Å². The van der Waals surface area contributed by atoms with E-state index in [1.54, 1.807) is 24.3 Å². The fourth-order valence-electron chi connectivity index (χ4n) is 2.72. The number of benzene rings is 2. The molecule has 0 saturated heterocycles. The van der Waals surface area contributed by atoms with Gasteiger partial charge in [-0.2, -0.15) is 5.26 Å². The Hall–Kier alpha value is -3.93. The zero-order valence-corrected chi connectivity index (χ0v) is 16.4. The highest BCUT2D eigenvalue weighted by molar-refractivity contribution is 5.95. The summed E-state index contributed by atoms with van der Waals surface area (Å²) in [6.45, 7) is 1.07. The number of rotatable bonds is 11. The molecule has 0 spiro atoms. The molecule has 2 rings (SSSR count). The molecule has 0 unspecified atom stereocenters. The molecule has 0 heterocycles. The van der Waals surface area contributed by atoms with E-state index >= 15 is 0 Å². The predicted octanol–water partition coefficient (Wildman–Crippen LogP) is 2.85. The number of anilines is 2. The van der Waals surface area contributed by atoms with Gasteiger partial charge in [0.05, 0.1) is 17.4 Å². The van der Waals surface area contributed by atoms with Crippen LogP contribution in [0.5, 0.6) is 0 Å². The first kappa shape index (κ1) is 22.4. The van der Waals surface area contributed by atoms with Gasteiger partial charge in [0.15, 0.2) is 0 Å². The highest BCUT2D eigenvalue weighted by Crippen LogP contribution is 2.16. The first-order chi connectivity index (χ1) is 14.5. The second-order valence-electron chi connectivity index (χ2n) is 6.37. The van der Waals surface area contributed by atoms with E-state index in [2.05, 4.69) is 10.6 Å². The van der Waals surface area contributed by atoms with Crippen LogP contribution in [0.3, 0.4) is 0 Å². The molecule has 2 aromatic carbocycles. The molecule has 0 radical (unpaired) electrons. The number of nitrogens with one attached hydrogen (secondary N) is 2. The van der Waals surface area contributed by atoms with Gasteiger partial charge in [0.1, 0.15) is 0 Å². The maximum atomic E-state index is 12.5. The SMILES string of the molecule is N#CCCN(C(=O)CCC(=O)NCCNc1ccc([N+](=O)[O-])cc1)c1ccccc1. The summed E-state index contributed by atoms with van der Waals surface area (Å²) >= 11 is 0. The minimum atomic E-state index is -0.468. The molecule has 2 aromatic rings. The average Bonchev–Trinajstić information content (AvgIpc) is 2.76. The largest absolute Gasteiger partial charge is 0.383 e. The van der Waals surface area contributed by atoms with Gasteiger partial charge in [-0.3, -0.25) is 19.7 Å². The van der Waals surface area contributed by atoms with Crippen LogP contribution in [0.2, 0.25) is 0 Å². The van der Waals surface area contributed by atoms with Gasteiger partial charge in [0.25, 0.3) is 5.69 Å². The zero-order valence-electron chi connectivity index (χ0n) is 16.4. The van der Waals surface area contributed by atoms with Gasteiger partial charge < -0.3 is 15.5 Å². The van der Waals surface area contributed by atoms with Gasteiger partial charge in [0, 0.05) is 56.0 Å². The summed E-state index contributed by atoms with van der Waals surface area (Å²) in [7, 11) is 0. The molecule has 2 N–H and O–H groups in total. The number of hydrogen-bond donors (Lipinski definition) is 2. The Morgan fingerprint density at radius 1 is 1.03 bits per heavy atom. The van der Waals surface area contributed by atoms with E-state index in [9.17, 15) is 19.7 Å². The van der Waals surface area contributed by atoms with Crippen LogP contribution < -0.4 is 15.5 Å². The molecule has 0 bridgehead atoms. The minimum Gasteiger partial charge on any atom is -0.383 e. The van der Waals surface area contributed by atoms with Gasteiger partial charge in [0.2, 0.25) is 11.8 Å². The second-order valence-corrected chi connectivity index (χ2v) is 6.37. The third kappa shape index (κ3) is 7.24. The van der Waals surface area contributed by atoms with E-state index in [1.807, 2.05) is 24.3 Å². The molecule has 156 valence electrons. The van der Waals surface area contributed by atoms with E-state index in [1.165, 1.54) is 17.0 Å². The summed E-state index contributed by atoms with van der Waals surface area (Å²) in [6, 6.07) is 17.1. The Balaban J connectivity index is 1.73. The Morgan fingerprint density at radius 2 is 1.73 bits per heavy atom. The van der Waals surface area contributed by atoms with Crippen LogP contribution in [-0.4, -0.2) is 36.4 Å². The number of nitrogens with zero attached hydrogens (tertiary/aromatic N) is 3. The number of non-ortho nitro benzene ring substituents is 1. The van der Waals surface area contributed by atoms with Crippen molar-refractivity contribution in [3.63, 3.8) is 0 Å². The lowest BCUT2D eigenvalue weighted by Crippen LogP contribution is -2.34. The molecule has 2 amide bonds. The Bertz CT molecular complexity index is 894. The van der Waals surface area contributed by atoms with Crippen LogP contribution in [-0.2, 0) is 9.59 Å². The molecule has 0 fully saturated rings. The fourth-order valence-corrected chi connectivity index (χ4v) is 2.72. The molecule has 9 nitrogen and oxygen atoms in total. The lowest BCUT2D eigenvalue weighted by atomic mass is 10.2. The van der Waals surface area contributed by atoms with Gasteiger partial charge in [-0.05, 0) is 24.3 Å². The number of nitro benzene ring substituents is 1. The molecular weight excluding hydrogens is 386 g/mol. The summed E-state index contributed by atoms with van der Waals surface area (Å²) in [4.78, 5) is 36.2. The predicted molar refractivity (Wildman–Crippen MR) is 113 cm³/mol. The lowest BCUT2D eigenvalue weighted by molar-refractivity contribution is -0.384. The smallest absolute Gasteiger partial charge is 0.269 e. The third-order valence-corrected chi connectivity index (χ3v) is 4.24. The van der Waals surface area contributed by atoms with Gasteiger partial charge in [-0.1, -0.05) is 18.2 Å². The number of para-hydroxylation sites is 1. The van der Waals surface area contributed by atoms with Crippen LogP contribution in [0, 0.1) is 21.4 Å². The van der Waals surface area contributed by atoms with Crippen LogP contribution >= 0.6 is 0 Å². The van der Waals surface area contributed by atoms with Crippen molar-refractivity contribution >= 4 is 28.9 Å². The van der Waals surface area contributed by atoms with Gasteiger partial charge in [-0.25, -0.2) is 0 Å². The van der Waals surface area contributed by atoms with Gasteiger partial charge in [-0.15, -0.1) is 0 Å². The summed E-state index contributed by atoms with van der Waals surface area (Å²) in [5, 5.41) is 25.2. The van der Waals surface area contributed by atoms with Crippen molar-refractivity contribution in [3.8, 4) is 6.07 Å². The van der Waals surface area contributed by atoms with Crippen molar-refractivity contribution < 1.29 is 14.5 Å². The van der Waals surface area contributed by atoms with Crippen molar-refractivity contribution in [1.29, 1.82) is 5.26 Å². The molecular formula is C21H23N5O4. The molecule has 0 atom stereocenters. The number of carbonyl (C=O) groups is 2. The highest BCUT2D eigenvalue weighted by atomic mass is 16.6. The number of carbonyl (C=O) groups excluding carboxylic acids is 2. The summed E-state index contributed by atoms with van der Waals surface area (Å²) in [6.07, 6.45) is 0.301. The molecule has 0 aliphatic carbocycles. The van der Waals surface area contributed by atoms with Crippen molar-refractivity contribution in [3.05, 3.63) is 64.7 Å². The number of nitro groups is 1. The number of hydrogen-bond acceptors (Lipinski definition) is 6. The minimum absolute atomic E-state index is 0.0119. The molecule has 0 saturated carbocycles. The average molecular weight is 409 g/mol. The lowest BCUT2D eigenvalue weighted by Gasteiger charge is -2.21. The molecule has 0 aliphatic heterocycles. The summed E-state index contributed by atoms with van der Waals surface area (Å²) in [5.74, 6) is -0.460. The van der Waals surface area contributed by atoms with E-state index in [-0.39, 0.29) is 43.3 Å². The quantitative estimate of drug-likeness (QED) is 0.334. The van der Waals surface area contributed by atoms with Crippen molar-refractivity contribution in [2.75, 3.05) is 29.9 Å². The highest BCUT2D eigenvalue weighted by Gasteiger charge is 2.16. The first-order valence-corrected chi connectivity index (χ1v) is 9.48. The standard InChI is InChI=1S/C21H23N5O4/c22-13-4-16-25(18-5-2-1-3-6-18)21(28)12-11-20(27)24-15-14-23-17-7-9-19(10-8-17)26(29)30/h1-3,5-10,23H,4,11-12,14-16H2,(H,24,27). The zero-order chi connectivity index (χ0) is 21.8. The maximum absolute atomic E-state index is 12.5. The summed E-state index contributed by atoms with van der Waals surface area (Å²) in [5.41, 5.74) is 1.42. The molecule has 9 heteroatoms. The summed E-state index contributed by atoms with van der Waals surface area (Å²) < 4.78 is 0. The first-order valence-electron chi connectivity index (χ1n) is 9.48. The number of amides is 2. The Labute approximate surface area is 174 Å². The Kier molecular flexibility index (Phi) is 8.80. The van der Waals surface area contributed by atoms with E-state index in [0.717, 1.165) is 0 Å². The maximum Gasteiger partial charge on any atom is 0.269 e. The molecule has 0 aliphatic rings. The van der Waals surface area contributed by atoms with Gasteiger partial charge >= 0.3 is 0 Å². The number of nitriles is 1. The Morgan fingerprint density at radius 3 is 2.37 bits per heavy atom. The van der Waals surface area contributed by atoms with Crippen molar-refractivity contribution in [2.45, 2.75) is 19.3 Å². The van der Waals surface area contributed by atoms with Crippen molar-refractivity contribution in [2.24, 2.45) is 0 Å². The molecule has 0 aromatic heterocycles. The van der Waals surface area contributed by atoms with Crippen LogP contribution in [0.4, 0.5) is 17.1 Å². The fraction of sp³-hybridized carbons (Fsp3) is 0.286. The van der Waals surface area contributed by atoms with E-state index < -0.39 is 4.92 Å². The normalized spacial score (nSPS) is 9.97. The van der Waals surface area contributed by atoms with Crippen molar-refractivity contribution in [1.82, 2.24) is 5.32 Å². The van der Waals surface area contributed by atoms with Crippen LogP contribution in [0.15, 0.2) is 54.6 Å². The topological polar surface area (TPSA) is 128 Å². The van der Waals surface area contributed by atoms with E-state index in [0.29, 0.717) is 24.5 Å². The third-order valence-electron chi connectivity index (χ3n) is 4.24. The second kappa shape index (κ2) is 11.8. The monoisotopic (exact) mass is 409 g/mol. The van der Waals surface area contributed by atoms with E-state index in [4.69, 9.17) is 5.26 Å². The van der Waals surface area contributed by atoms with Crippen LogP contribution in [0.25, 0.3) is 0 Å². The molecule has 30 heavy (non-hydrogen) atoms.